The second kappa shape index (κ2) is 11.6. The van der Waals surface area contributed by atoms with Crippen LogP contribution in [0.5, 0.6) is 11.5 Å². The van der Waals surface area contributed by atoms with Gasteiger partial charge in [0.15, 0.2) is 0 Å². The first-order valence-corrected chi connectivity index (χ1v) is 15.5. The van der Waals surface area contributed by atoms with E-state index < -0.39 is 31.8 Å². The fraction of sp³-hybridized carbons (Fsp3) is 0.423. The van der Waals surface area contributed by atoms with Crippen molar-refractivity contribution in [2.45, 2.75) is 57.7 Å². The second-order valence-electron chi connectivity index (χ2n) is 9.95. The van der Waals surface area contributed by atoms with Crippen LogP contribution >= 0.6 is 0 Å². The van der Waals surface area contributed by atoms with Gasteiger partial charge >= 0.3 is 5.97 Å². The van der Waals surface area contributed by atoms with E-state index in [1.807, 2.05) is 0 Å². The standard InChI is InChI=1S/C26H33FN2O6Si/c1-33-18-9-8-17(21(27)14-18)16-35-23-7-5-6-19-20(23)15-29(26(19)32)22(25(28)31)10-11-24(30)34-12-13-36(2,3)4/h5-9,14,22H,10-13,15-16H2,1-4H3,(H2,28,31). The molecule has 2 aromatic rings. The number of carbonyl (C=O) groups excluding carboxylic acids is 3. The molecule has 0 bridgehead atoms. The van der Waals surface area contributed by atoms with E-state index in [0.717, 1.165) is 6.04 Å². The first-order chi connectivity index (χ1) is 17.0. The lowest BCUT2D eigenvalue weighted by atomic mass is 10.1. The Kier molecular flexibility index (Phi) is 8.73. The summed E-state index contributed by atoms with van der Waals surface area (Å²) in [7, 11) is 0.119. The van der Waals surface area contributed by atoms with Gasteiger partial charge in [0.25, 0.3) is 5.91 Å². The molecule has 2 amide bonds. The molecule has 1 unspecified atom stereocenters. The lowest BCUT2D eigenvalue weighted by Crippen LogP contribution is -2.45. The monoisotopic (exact) mass is 516 g/mol. The van der Waals surface area contributed by atoms with Crippen molar-refractivity contribution in [3.63, 3.8) is 0 Å². The van der Waals surface area contributed by atoms with E-state index in [2.05, 4.69) is 19.6 Å². The molecule has 36 heavy (non-hydrogen) atoms. The SMILES string of the molecule is COc1ccc(COc2cccc3c2CN(C(CCC(=O)OCC[Si](C)(C)C)C(N)=O)C3=O)c(F)c1. The Hall–Kier alpha value is -3.40. The third-order valence-corrected chi connectivity index (χ3v) is 7.74. The van der Waals surface area contributed by atoms with E-state index in [4.69, 9.17) is 19.9 Å². The molecule has 8 nitrogen and oxygen atoms in total. The zero-order valence-corrected chi connectivity index (χ0v) is 22.1. The van der Waals surface area contributed by atoms with Crippen molar-refractivity contribution >= 4 is 25.9 Å². The summed E-state index contributed by atoms with van der Waals surface area (Å²) in [5.41, 5.74) is 6.90. The van der Waals surface area contributed by atoms with Crippen molar-refractivity contribution in [1.82, 2.24) is 4.90 Å². The molecule has 1 heterocycles. The van der Waals surface area contributed by atoms with E-state index in [-0.39, 0.29) is 31.9 Å². The highest BCUT2D eigenvalue weighted by Gasteiger charge is 2.37. The van der Waals surface area contributed by atoms with E-state index in [9.17, 15) is 18.8 Å². The maximum atomic E-state index is 14.3. The van der Waals surface area contributed by atoms with E-state index >= 15 is 0 Å². The average Bonchev–Trinajstić information content (AvgIpc) is 3.14. The summed E-state index contributed by atoms with van der Waals surface area (Å²) >= 11 is 0. The number of rotatable bonds is 12. The number of benzene rings is 2. The van der Waals surface area contributed by atoms with Gasteiger partial charge in [-0.2, -0.15) is 0 Å². The fourth-order valence-corrected chi connectivity index (χ4v) is 4.60. The lowest BCUT2D eigenvalue weighted by molar-refractivity contribution is -0.143. The molecule has 3 rings (SSSR count). The Labute approximate surface area is 211 Å². The number of fused-ring (bicyclic) bond motifs is 1. The molecule has 0 radical (unpaired) electrons. The number of nitrogens with two attached hydrogens (primary N) is 1. The molecule has 0 aliphatic carbocycles. The number of hydrogen-bond acceptors (Lipinski definition) is 6. The van der Waals surface area contributed by atoms with Gasteiger partial charge in [0, 0.05) is 37.3 Å². The molecule has 194 valence electrons. The van der Waals surface area contributed by atoms with Gasteiger partial charge in [-0.25, -0.2) is 4.39 Å². The highest BCUT2D eigenvalue weighted by atomic mass is 28.3. The van der Waals surface area contributed by atoms with Gasteiger partial charge in [0.1, 0.15) is 30.0 Å². The second-order valence-corrected chi connectivity index (χ2v) is 15.6. The summed E-state index contributed by atoms with van der Waals surface area (Å²) in [6.07, 6.45) is 0.0353. The third kappa shape index (κ3) is 6.84. The molecule has 0 saturated carbocycles. The van der Waals surface area contributed by atoms with Crippen LogP contribution in [0.1, 0.15) is 34.3 Å². The predicted octanol–water partition coefficient (Wildman–Crippen LogP) is 3.88. The number of nitrogens with zero attached hydrogens (tertiary/aromatic N) is 1. The Bertz CT molecular complexity index is 1130. The van der Waals surface area contributed by atoms with Crippen molar-refractivity contribution in [3.05, 3.63) is 58.9 Å². The minimum Gasteiger partial charge on any atom is -0.497 e. The van der Waals surface area contributed by atoms with Crippen LogP contribution in [0.4, 0.5) is 4.39 Å². The van der Waals surface area contributed by atoms with Crippen molar-refractivity contribution in [3.8, 4) is 11.5 Å². The fourth-order valence-electron chi connectivity index (χ4n) is 3.89. The molecular weight excluding hydrogens is 483 g/mol. The van der Waals surface area contributed by atoms with Crippen LogP contribution in [0.3, 0.4) is 0 Å². The summed E-state index contributed by atoms with van der Waals surface area (Å²) in [6.45, 7) is 6.94. The largest absolute Gasteiger partial charge is 0.497 e. The van der Waals surface area contributed by atoms with Gasteiger partial charge in [-0.3, -0.25) is 14.4 Å². The first kappa shape index (κ1) is 27.2. The summed E-state index contributed by atoms with van der Waals surface area (Å²) < 4.78 is 30.5. The van der Waals surface area contributed by atoms with Gasteiger partial charge in [-0.05, 0) is 36.7 Å². The molecule has 10 heteroatoms. The Morgan fingerprint density at radius 3 is 2.58 bits per heavy atom. The topological polar surface area (TPSA) is 108 Å². The Balaban J connectivity index is 1.66. The van der Waals surface area contributed by atoms with Crippen LogP contribution in [0.2, 0.25) is 25.7 Å². The summed E-state index contributed by atoms with van der Waals surface area (Å²) in [4.78, 5) is 38.9. The zero-order chi connectivity index (χ0) is 26.5. The van der Waals surface area contributed by atoms with Crippen molar-refractivity contribution in [2.75, 3.05) is 13.7 Å². The predicted molar refractivity (Wildman–Crippen MR) is 135 cm³/mol. The number of halogens is 1. The molecule has 0 spiro atoms. The number of carbonyl (C=O) groups is 3. The van der Waals surface area contributed by atoms with E-state index in [0.29, 0.717) is 34.8 Å². The highest BCUT2D eigenvalue weighted by molar-refractivity contribution is 6.76. The quantitative estimate of drug-likeness (QED) is 0.339. The zero-order valence-electron chi connectivity index (χ0n) is 21.1. The summed E-state index contributed by atoms with van der Waals surface area (Å²) in [5.74, 6) is -1.15. The van der Waals surface area contributed by atoms with Gasteiger partial charge in [-0.15, -0.1) is 0 Å². The molecule has 1 atom stereocenters. The van der Waals surface area contributed by atoms with Gasteiger partial charge in [0.2, 0.25) is 5.91 Å². The van der Waals surface area contributed by atoms with Crippen LogP contribution < -0.4 is 15.2 Å². The van der Waals surface area contributed by atoms with Gasteiger partial charge < -0.3 is 24.8 Å². The number of hydrogen-bond donors (Lipinski definition) is 1. The first-order valence-electron chi connectivity index (χ1n) is 11.8. The molecule has 2 N–H and O–H groups in total. The average molecular weight is 517 g/mol. The van der Waals surface area contributed by atoms with Gasteiger partial charge in [-0.1, -0.05) is 25.7 Å². The smallest absolute Gasteiger partial charge is 0.305 e. The van der Waals surface area contributed by atoms with Crippen LogP contribution in [0.25, 0.3) is 0 Å². The minimum atomic E-state index is -1.34. The minimum absolute atomic E-state index is 0.0282. The summed E-state index contributed by atoms with van der Waals surface area (Å²) in [5, 5.41) is 0. The molecule has 0 fully saturated rings. The normalized spacial score (nSPS) is 13.8. The van der Waals surface area contributed by atoms with E-state index in [1.54, 1.807) is 30.3 Å². The number of amides is 2. The van der Waals surface area contributed by atoms with Crippen molar-refractivity contribution in [2.24, 2.45) is 5.73 Å². The number of primary amides is 1. The van der Waals surface area contributed by atoms with E-state index in [1.165, 1.54) is 18.1 Å². The summed E-state index contributed by atoms with van der Waals surface area (Å²) in [6, 6.07) is 9.34. The van der Waals surface area contributed by atoms with Crippen LogP contribution in [-0.4, -0.2) is 50.5 Å². The Morgan fingerprint density at radius 2 is 1.94 bits per heavy atom. The van der Waals surface area contributed by atoms with Crippen molar-refractivity contribution in [1.29, 1.82) is 0 Å². The van der Waals surface area contributed by atoms with Crippen LogP contribution in [0, 0.1) is 5.82 Å². The van der Waals surface area contributed by atoms with Crippen molar-refractivity contribution < 1.29 is 33.0 Å². The number of methoxy groups -OCH3 is 1. The molecule has 0 aromatic heterocycles. The maximum Gasteiger partial charge on any atom is 0.305 e. The molecule has 1 aliphatic rings. The Morgan fingerprint density at radius 1 is 1.19 bits per heavy atom. The highest BCUT2D eigenvalue weighted by Crippen LogP contribution is 2.33. The molecule has 2 aromatic carbocycles. The third-order valence-electron chi connectivity index (χ3n) is 6.04. The number of esters is 1. The van der Waals surface area contributed by atoms with Crippen LogP contribution in [0.15, 0.2) is 36.4 Å². The molecule has 0 saturated heterocycles. The molecular formula is C26H33FN2O6Si. The maximum absolute atomic E-state index is 14.3. The van der Waals surface area contributed by atoms with Crippen LogP contribution in [-0.2, 0) is 27.5 Å². The molecule has 1 aliphatic heterocycles. The number of ether oxygens (including phenoxy) is 3. The van der Waals surface area contributed by atoms with Gasteiger partial charge in [0.05, 0.1) is 20.3 Å². The lowest BCUT2D eigenvalue weighted by Gasteiger charge is -2.25.